The van der Waals surface area contributed by atoms with Crippen molar-refractivity contribution in [1.29, 1.82) is 0 Å². The fraction of sp³-hybridized carbons (Fsp3) is 0.538. The largest absolute Gasteiger partial charge is 0.401 e. The lowest BCUT2D eigenvalue weighted by atomic mass is 10.0. The molecule has 2 N–H and O–H groups in total. The van der Waals surface area contributed by atoms with Crippen molar-refractivity contribution in [2.45, 2.75) is 31.1 Å². The third-order valence-corrected chi connectivity index (χ3v) is 3.23. The normalized spacial score (nSPS) is 17.8. The minimum Gasteiger partial charge on any atom is -0.329 e. The molecule has 1 atom stereocenters. The first-order valence-corrected chi connectivity index (χ1v) is 6.19. The van der Waals surface area contributed by atoms with Gasteiger partial charge in [-0.25, -0.2) is 4.39 Å². The molecular formula is C13H16F4N2. The van der Waals surface area contributed by atoms with Gasteiger partial charge in [0, 0.05) is 18.6 Å². The first-order valence-electron chi connectivity index (χ1n) is 6.19. The van der Waals surface area contributed by atoms with Crippen LogP contribution in [0.3, 0.4) is 0 Å². The van der Waals surface area contributed by atoms with Gasteiger partial charge < -0.3 is 5.73 Å². The molecule has 0 spiro atoms. The SMILES string of the molecule is NCC(c1cccc(F)c1)N(CC(F)(F)F)C1CC1. The Hall–Kier alpha value is -1.14. The molecule has 0 saturated heterocycles. The van der Waals surface area contributed by atoms with E-state index in [1.165, 1.54) is 23.1 Å². The molecule has 1 unspecified atom stereocenters. The van der Waals surface area contributed by atoms with Crippen molar-refractivity contribution >= 4 is 0 Å². The lowest BCUT2D eigenvalue weighted by Gasteiger charge is -2.32. The lowest BCUT2D eigenvalue weighted by molar-refractivity contribution is -0.152. The summed E-state index contributed by atoms with van der Waals surface area (Å²) in [7, 11) is 0. The lowest BCUT2D eigenvalue weighted by Crippen LogP contribution is -2.41. The molecule has 2 rings (SSSR count). The van der Waals surface area contributed by atoms with Crippen molar-refractivity contribution in [1.82, 2.24) is 4.90 Å². The van der Waals surface area contributed by atoms with E-state index in [0.717, 1.165) is 12.8 Å². The molecule has 6 heteroatoms. The van der Waals surface area contributed by atoms with Crippen LogP contribution in [0, 0.1) is 5.82 Å². The van der Waals surface area contributed by atoms with Crippen molar-refractivity contribution in [3.8, 4) is 0 Å². The maximum atomic E-state index is 13.2. The standard InChI is InChI=1S/C13H16F4N2/c14-10-3-1-2-9(6-10)12(7-18)19(11-4-5-11)8-13(15,16)17/h1-3,6,11-12H,4-5,7-8,18H2. The number of nitrogens with zero attached hydrogens (tertiary/aromatic N) is 1. The second-order valence-electron chi connectivity index (χ2n) is 4.83. The topological polar surface area (TPSA) is 29.3 Å². The smallest absolute Gasteiger partial charge is 0.329 e. The summed E-state index contributed by atoms with van der Waals surface area (Å²) in [6.45, 7) is -0.966. The van der Waals surface area contributed by atoms with Gasteiger partial charge in [0.1, 0.15) is 5.82 Å². The minimum absolute atomic E-state index is 0.0377. The van der Waals surface area contributed by atoms with Crippen LogP contribution in [0.5, 0.6) is 0 Å². The van der Waals surface area contributed by atoms with Gasteiger partial charge in [0.2, 0.25) is 0 Å². The predicted octanol–water partition coefficient (Wildman–Crippen LogP) is 2.85. The highest BCUT2D eigenvalue weighted by molar-refractivity contribution is 5.21. The third kappa shape index (κ3) is 3.91. The van der Waals surface area contributed by atoms with Crippen LogP contribution in [-0.4, -0.2) is 30.2 Å². The Kier molecular flexibility index (Phi) is 4.10. The van der Waals surface area contributed by atoms with Gasteiger partial charge in [-0.05, 0) is 30.5 Å². The number of rotatable bonds is 5. The van der Waals surface area contributed by atoms with Crippen molar-refractivity contribution in [3.63, 3.8) is 0 Å². The van der Waals surface area contributed by atoms with Crippen LogP contribution in [0.4, 0.5) is 17.6 Å². The van der Waals surface area contributed by atoms with Gasteiger partial charge in [0.15, 0.2) is 0 Å². The molecule has 1 fully saturated rings. The summed E-state index contributed by atoms with van der Waals surface area (Å²) in [6, 6.07) is 4.94. The molecular weight excluding hydrogens is 260 g/mol. The van der Waals surface area contributed by atoms with E-state index in [1.807, 2.05) is 0 Å². The third-order valence-electron chi connectivity index (χ3n) is 3.23. The van der Waals surface area contributed by atoms with E-state index in [4.69, 9.17) is 5.73 Å². The number of nitrogens with two attached hydrogens (primary N) is 1. The Bertz CT molecular complexity index is 429. The van der Waals surface area contributed by atoms with Gasteiger partial charge in [-0.3, -0.25) is 4.90 Å². The van der Waals surface area contributed by atoms with E-state index in [9.17, 15) is 17.6 Å². The van der Waals surface area contributed by atoms with Crippen molar-refractivity contribution in [2.24, 2.45) is 5.73 Å². The van der Waals surface area contributed by atoms with E-state index in [1.54, 1.807) is 6.07 Å². The van der Waals surface area contributed by atoms with E-state index < -0.39 is 24.6 Å². The summed E-state index contributed by atoms with van der Waals surface area (Å²) in [5.41, 5.74) is 6.11. The highest BCUT2D eigenvalue weighted by Gasteiger charge is 2.41. The summed E-state index contributed by atoms with van der Waals surface area (Å²) in [5.74, 6) is -0.460. The first-order chi connectivity index (χ1) is 8.90. The summed E-state index contributed by atoms with van der Waals surface area (Å²) < 4.78 is 51.1. The number of benzene rings is 1. The summed E-state index contributed by atoms with van der Waals surface area (Å²) in [5, 5.41) is 0. The number of halogens is 4. The predicted molar refractivity (Wildman–Crippen MR) is 64.0 cm³/mol. The second-order valence-corrected chi connectivity index (χ2v) is 4.83. The number of hydrogen-bond donors (Lipinski definition) is 1. The van der Waals surface area contributed by atoms with Crippen LogP contribution in [-0.2, 0) is 0 Å². The van der Waals surface area contributed by atoms with Crippen molar-refractivity contribution in [3.05, 3.63) is 35.6 Å². The van der Waals surface area contributed by atoms with Crippen LogP contribution >= 0.6 is 0 Å². The molecule has 0 amide bonds. The Labute approximate surface area is 109 Å². The summed E-state index contributed by atoms with van der Waals surface area (Å²) in [4.78, 5) is 1.34. The molecule has 1 saturated carbocycles. The van der Waals surface area contributed by atoms with Gasteiger partial charge >= 0.3 is 6.18 Å². The average molecular weight is 276 g/mol. The molecule has 19 heavy (non-hydrogen) atoms. The van der Waals surface area contributed by atoms with Gasteiger partial charge in [0.25, 0.3) is 0 Å². The maximum Gasteiger partial charge on any atom is 0.401 e. The zero-order chi connectivity index (χ0) is 14.0. The molecule has 0 bridgehead atoms. The highest BCUT2D eigenvalue weighted by atomic mass is 19.4. The van der Waals surface area contributed by atoms with Gasteiger partial charge in [-0.2, -0.15) is 13.2 Å². The zero-order valence-corrected chi connectivity index (χ0v) is 10.3. The van der Waals surface area contributed by atoms with Gasteiger partial charge in [-0.15, -0.1) is 0 Å². The van der Waals surface area contributed by atoms with Crippen LogP contribution in [0.1, 0.15) is 24.4 Å². The highest BCUT2D eigenvalue weighted by Crippen LogP contribution is 2.36. The summed E-state index contributed by atoms with van der Waals surface area (Å²) in [6.07, 6.45) is -2.80. The zero-order valence-electron chi connectivity index (χ0n) is 10.3. The minimum atomic E-state index is -4.27. The van der Waals surface area contributed by atoms with Crippen molar-refractivity contribution < 1.29 is 17.6 Å². The molecule has 1 aliphatic carbocycles. The average Bonchev–Trinajstić information content (AvgIpc) is 3.11. The molecule has 2 nitrogen and oxygen atoms in total. The number of hydrogen-bond acceptors (Lipinski definition) is 2. The van der Waals surface area contributed by atoms with E-state index >= 15 is 0 Å². The Balaban J connectivity index is 2.22. The molecule has 0 heterocycles. The monoisotopic (exact) mass is 276 g/mol. The molecule has 106 valence electrons. The van der Waals surface area contributed by atoms with Gasteiger partial charge in [0.05, 0.1) is 6.54 Å². The Morgan fingerprint density at radius 2 is 2.00 bits per heavy atom. The molecule has 0 radical (unpaired) electrons. The quantitative estimate of drug-likeness (QED) is 0.838. The first kappa shape index (κ1) is 14.3. The van der Waals surface area contributed by atoms with Crippen molar-refractivity contribution in [2.75, 3.05) is 13.1 Å². The van der Waals surface area contributed by atoms with Crippen LogP contribution in [0.2, 0.25) is 0 Å². The summed E-state index contributed by atoms with van der Waals surface area (Å²) >= 11 is 0. The molecule has 1 aliphatic rings. The van der Waals surface area contributed by atoms with E-state index in [2.05, 4.69) is 0 Å². The van der Waals surface area contributed by atoms with Gasteiger partial charge in [-0.1, -0.05) is 12.1 Å². The molecule has 1 aromatic rings. The Morgan fingerprint density at radius 1 is 1.32 bits per heavy atom. The number of alkyl halides is 3. The maximum absolute atomic E-state index is 13.2. The molecule has 1 aromatic carbocycles. The van der Waals surface area contributed by atoms with E-state index in [-0.39, 0.29) is 12.6 Å². The fourth-order valence-corrected chi connectivity index (χ4v) is 2.28. The van der Waals surface area contributed by atoms with Crippen LogP contribution in [0.25, 0.3) is 0 Å². The van der Waals surface area contributed by atoms with E-state index in [0.29, 0.717) is 5.56 Å². The fourth-order valence-electron chi connectivity index (χ4n) is 2.28. The van der Waals surface area contributed by atoms with Crippen LogP contribution < -0.4 is 5.73 Å². The molecule has 0 aliphatic heterocycles. The van der Waals surface area contributed by atoms with Crippen LogP contribution in [0.15, 0.2) is 24.3 Å². The second kappa shape index (κ2) is 5.46. The Morgan fingerprint density at radius 3 is 2.47 bits per heavy atom. The molecule has 0 aromatic heterocycles.